The molecule has 0 bridgehead atoms. The van der Waals surface area contributed by atoms with Crippen LogP contribution in [0, 0.1) is 11.8 Å². The third kappa shape index (κ3) is 6.20. The van der Waals surface area contributed by atoms with Gasteiger partial charge in [-0.2, -0.15) is 0 Å². The molecular weight excluding hydrogens is 452 g/mol. The molecule has 2 aromatic rings. The van der Waals surface area contributed by atoms with Gasteiger partial charge in [0.15, 0.2) is 11.9 Å². The van der Waals surface area contributed by atoms with E-state index in [0.717, 1.165) is 0 Å². The van der Waals surface area contributed by atoms with Crippen LogP contribution in [-0.4, -0.2) is 38.2 Å². The summed E-state index contributed by atoms with van der Waals surface area (Å²) in [5.74, 6) is 4.78. The van der Waals surface area contributed by atoms with E-state index in [-0.39, 0.29) is 23.0 Å². The molecule has 0 unspecified atom stereocenters. The Balaban J connectivity index is 1.84. The standard InChI is InChI=1S/C30H38O4Si/c1-8-16-27-28(33-30(6,7)32-27)26(31)22-15-17-23(2)34-35(29(3,4)5,24-18-11-9-12-19-24)25-20-13-10-14-21-25/h8-14,18-21,23,27-28H,1,16-17H2,2-7H3/t23-,27+,28+/m0/s1. The number of hydrogen-bond donors (Lipinski definition) is 0. The average Bonchev–Trinajstić information content (AvgIpc) is 3.12. The van der Waals surface area contributed by atoms with Crippen molar-refractivity contribution < 1.29 is 18.7 Å². The molecule has 5 heteroatoms. The maximum Gasteiger partial charge on any atom is 0.261 e. The van der Waals surface area contributed by atoms with Gasteiger partial charge in [0.05, 0.1) is 12.2 Å². The maximum atomic E-state index is 12.8. The van der Waals surface area contributed by atoms with Crippen molar-refractivity contribution in [2.24, 2.45) is 0 Å². The summed E-state index contributed by atoms with van der Waals surface area (Å²) < 4.78 is 18.7. The Morgan fingerprint density at radius 2 is 1.63 bits per heavy atom. The summed E-state index contributed by atoms with van der Waals surface area (Å²) in [6.45, 7) is 16.2. The van der Waals surface area contributed by atoms with E-state index in [1.165, 1.54) is 10.4 Å². The first-order chi connectivity index (χ1) is 16.5. The van der Waals surface area contributed by atoms with Crippen LogP contribution < -0.4 is 10.4 Å². The van der Waals surface area contributed by atoms with Gasteiger partial charge in [-0.25, -0.2) is 0 Å². The number of benzene rings is 2. The minimum absolute atomic E-state index is 0.119. The van der Waals surface area contributed by atoms with Crippen molar-refractivity contribution in [3.63, 3.8) is 0 Å². The van der Waals surface area contributed by atoms with Gasteiger partial charge in [0.2, 0.25) is 5.78 Å². The lowest BCUT2D eigenvalue weighted by molar-refractivity contribution is -0.152. The Labute approximate surface area is 211 Å². The highest BCUT2D eigenvalue weighted by molar-refractivity contribution is 6.99. The van der Waals surface area contributed by atoms with Crippen molar-refractivity contribution in [2.45, 2.75) is 83.5 Å². The highest BCUT2D eigenvalue weighted by Gasteiger charge is 2.51. The third-order valence-electron chi connectivity index (χ3n) is 6.24. The van der Waals surface area contributed by atoms with Crippen LogP contribution in [-0.2, 0) is 18.7 Å². The maximum absolute atomic E-state index is 12.8. The second-order valence-electron chi connectivity index (χ2n) is 10.6. The molecule has 4 nitrogen and oxygen atoms in total. The normalized spacial score (nSPS) is 20.5. The Morgan fingerprint density at radius 1 is 1.09 bits per heavy atom. The number of carbonyl (C=O) groups is 1. The fraction of sp³-hybridized carbons (Fsp3) is 0.433. The zero-order chi connectivity index (χ0) is 25.7. The molecule has 0 aliphatic carbocycles. The molecule has 2 aromatic carbocycles. The van der Waals surface area contributed by atoms with Gasteiger partial charge in [0.25, 0.3) is 8.32 Å². The van der Waals surface area contributed by atoms with Gasteiger partial charge in [-0.15, -0.1) is 6.58 Å². The predicted molar refractivity (Wildman–Crippen MR) is 144 cm³/mol. The van der Waals surface area contributed by atoms with Crippen molar-refractivity contribution in [1.29, 1.82) is 0 Å². The van der Waals surface area contributed by atoms with Gasteiger partial charge >= 0.3 is 0 Å². The Hall–Kier alpha value is -2.49. The molecule has 0 aromatic heterocycles. The van der Waals surface area contributed by atoms with E-state index >= 15 is 0 Å². The largest absolute Gasteiger partial charge is 0.404 e. The fourth-order valence-electron chi connectivity index (χ4n) is 4.78. The number of Topliss-reactive ketones (excluding diaryl/α,β-unsaturated/α-hetero) is 1. The van der Waals surface area contributed by atoms with Gasteiger partial charge < -0.3 is 13.9 Å². The van der Waals surface area contributed by atoms with Crippen LogP contribution in [0.15, 0.2) is 73.3 Å². The number of carbonyl (C=O) groups excluding carboxylic acids is 1. The summed E-state index contributed by atoms with van der Waals surface area (Å²) in [6, 6.07) is 21.0. The summed E-state index contributed by atoms with van der Waals surface area (Å²) in [5, 5.41) is 2.33. The van der Waals surface area contributed by atoms with Crippen LogP contribution in [0.5, 0.6) is 0 Å². The van der Waals surface area contributed by atoms with Gasteiger partial charge in [-0.3, -0.25) is 4.79 Å². The van der Waals surface area contributed by atoms with Crippen molar-refractivity contribution in [1.82, 2.24) is 0 Å². The quantitative estimate of drug-likeness (QED) is 0.226. The molecule has 1 saturated heterocycles. The van der Waals surface area contributed by atoms with Crippen LogP contribution >= 0.6 is 0 Å². The van der Waals surface area contributed by atoms with Crippen LogP contribution in [0.4, 0.5) is 0 Å². The third-order valence-corrected chi connectivity index (χ3v) is 11.4. The molecule has 35 heavy (non-hydrogen) atoms. The highest BCUT2D eigenvalue weighted by Crippen LogP contribution is 2.37. The van der Waals surface area contributed by atoms with Crippen molar-refractivity contribution >= 4 is 24.5 Å². The summed E-state index contributed by atoms with van der Waals surface area (Å²) in [5.41, 5.74) is 0. The van der Waals surface area contributed by atoms with Crippen molar-refractivity contribution in [2.75, 3.05) is 0 Å². The lowest BCUT2D eigenvalue weighted by Crippen LogP contribution is -2.67. The molecule has 186 valence electrons. The minimum atomic E-state index is -2.66. The monoisotopic (exact) mass is 490 g/mol. The number of rotatable bonds is 8. The Bertz CT molecular complexity index is 1020. The van der Waals surface area contributed by atoms with E-state index in [0.29, 0.717) is 12.8 Å². The first kappa shape index (κ1) is 27.1. The van der Waals surface area contributed by atoms with Gasteiger partial charge in [0, 0.05) is 6.42 Å². The van der Waals surface area contributed by atoms with E-state index < -0.39 is 20.2 Å². The van der Waals surface area contributed by atoms with E-state index in [4.69, 9.17) is 13.9 Å². The van der Waals surface area contributed by atoms with E-state index in [2.05, 4.69) is 87.7 Å². The molecule has 0 spiro atoms. The molecule has 0 saturated carbocycles. The molecule has 1 aliphatic rings. The number of ether oxygens (including phenoxy) is 2. The van der Waals surface area contributed by atoms with Crippen molar-refractivity contribution in [3.8, 4) is 11.8 Å². The summed E-state index contributed by atoms with van der Waals surface area (Å²) in [4.78, 5) is 12.8. The lowest BCUT2D eigenvalue weighted by Gasteiger charge is -2.44. The summed E-state index contributed by atoms with van der Waals surface area (Å²) >= 11 is 0. The highest BCUT2D eigenvalue weighted by atomic mass is 28.4. The average molecular weight is 491 g/mol. The van der Waals surface area contributed by atoms with Gasteiger partial charge in [-0.05, 0) is 48.5 Å². The second kappa shape index (κ2) is 11.1. The number of hydrogen-bond acceptors (Lipinski definition) is 4. The first-order valence-electron chi connectivity index (χ1n) is 12.3. The molecule has 0 amide bonds. The molecule has 0 N–H and O–H groups in total. The van der Waals surface area contributed by atoms with E-state index in [1.54, 1.807) is 6.08 Å². The first-order valence-corrected chi connectivity index (χ1v) is 14.2. The molecule has 3 atom stereocenters. The van der Waals surface area contributed by atoms with Crippen molar-refractivity contribution in [3.05, 3.63) is 73.3 Å². The number of ketones is 1. The zero-order valence-electron chi connectivity index (χ0n) is 21.8. The van der Waals surface area contributed by atoms with Gasteiger partial charge in [0.1, 0.15) is 0 Å². The SMILES string of the molecule is C=CC[C@H]1OC(C)(C)O[C@@H]1C(=O)C#CC[C@H](C)O[Si](c1ccccc1)(c1ccccc1)C(C)(C)C. The van der Waals surface area contributed by atoms with E-state index in [9.17, 15) is 4.79 Å². The fourth-order valence-corrected chi connectivity index (χ4v) is 9.48. The van der Waals surface area contributed by atoms with Crippen LogP contribution in [0.3, 0.4) is 0 Å². The van der Waals surface area contributed by atoms with Crippen LogP contribution in [0.2, 0.25) is 5.04 Å². The molecule has 1 heterocycles. The van der Waals surface area contributed by atoms with Gasteiger partial charge in [-0.1, -0.05) is 93.4 Å². The smallest absolute Gasteiger partial charge is 0.261 e. The molecular formula is C30H38O4Si. The minimum Gasteiger partial charge on any atom is -0.404 e. The Morgan fingerprint density at radius 3 is 2.11 bits per heavy atom. The summed E-state index contributed by atoms with van der Waals surface area (Å²) in [7, 11) is -2.66. The van der Waals surface area contributed by atoms with Crippen LogP contribution in [0.25, 0.3) is 0 Å². The second-order valence-corrected chi connectivity index (χ2v) is 14.8. The molecule has 0 radical (unpaired) electrons. The van der Waals surface area contributed by atoms with E-state index in [1.807, 2.05) is 32.9 Å². The molecule has 1 aliphatic heterocycles. The predicted octanol–water partition coefficient (Wildman–Crippen LogP) is 5.01. The summed E-state index contributed by atoms with van der Waals surface area (Å²) in [6.07, 6.45) is 1.48. The Kier molecular flexibility index (Phi) is 8.56. The van der Waals surface area contributed by atoms with Crippen LogP contribution in [0.1, 0.15) is 54.4 Å². The zero-order valence-corrected chi connectivity index (χ0v) is 22.8. The molecule has 3 rings (SSSR count). The topological polar surface area (TPSA) is 44.8 Å². The lowest BCUT2D eigenvalue weighted by atomic mass is 10.1. The molecule has 1 fully saturated rings.